The summed E-state index contributed by atoms with van der Waals surface area (Å²) < 4.78 is 36.3. The number of benzene rings is 3. The zero-order chi connectivity index (χ0) is 21.7. The number of anilines is 1. The summed E-state index contributed by atoms with van der Waals surface area (Å²) in [6.07, 6.45) is 0.531. The van der Waals surface area contributed by atoms with Crippen molar-refractivity contribution in [1.29, 1.82) is 0 Å². The van der Waals surface area contributed by atoms with Crippen LogP contribution in [0.5, 0.6) is 11.5 Å². The van der Waals surface area contributed by atoms with Crippen LogP contribution in [0.25, 0.3) is 0 Å². The fraction of sp³-hybridized carbons (Fsp3) is 0.208. The third-order valence-corrected chi connectivity index (χ3v) is 6.71. The third kappa shape index (κ3) is 5.24. The van der Waals surface area contributed by atoms with Gasteiger partial charge in [-0.15, -0.1) is 0 Å². The highest BCUT2D eigenvalue weighted by Gasteiger charge is 2.21. The Balaban J connectivity index is 1.40. The van der Waals surface area contributed by atoms with Gasteiger partial charge in [0.05, 0.1) is 10.6 Å². The first kappa shape index (κ1) is 20.9. The first-order valence-electron chi connectivity index (χ1n) is 10.1. The molecule has 6 nitrogen and oxygen atoms in total. The van der Waals surface area contributed by atoms with Crippen LogP contribution in [0.2, 0.25) is 0 Å². The summed E-state index contributed by atoms with van der Waals surface area (Å²) in [6, 6.07) is 22.0. The van der Waals surface area contributed by atoms with Crippen LogP contribution in [-0.2, 0) is 21.1 Å². The molecule has 0 radical (unpaired) electrons. The maximum Gasteiger partial charge on any atom is 0.225 e. The van der Waals surface area contributed by atoms with Gasteiger partial charge in [0, 0.05) is 18.2 Å². The Hall–Kier alpha value is -3.32. The van der Waals surface area contributed by atoms with Gasteiger partial charge < -0.3 is 14.8 Å². The van der Waals surface area contributed by atoms with Crippen molar-refractivity contribution in [3.05, 3.63) is 83.9 Å². The van der Waals surface area contributed by atoms with Crippen molar-refractivity contribution in [2.45, 2.75) is 17.7 Å². The summed E-state index contributed by atoms with van der Waals surface area (Å²) in [5.74, 6) is 0.297. The topological polar surface area (TPSA) is 81.7 Å². The normalized spacial score (nSPS) is 12.9. The van der Waals surface area contributed by atoms with Crippen LogP contribution in [-0.4, -0.2) is 33.3 Å². The first-order valence-corrected chi connectivity index (χ1v) is 11.7. The van der Waals surface area contributed by atoms with Gasteiger partial charge >= 0.3 is 0 Å². The van der Waals surface area contributed by atoms with Gasteiger partial charge in [-0.2, -0.15) is 0 Å². The second-order valence-corrected chi connectivity index (χ2v) is 9.35. The molecule has 0 spiro atoms. The number of fused-ring (bicyclic) bond motifs is 1. The lowest BCUT2D eigenvalue weighted by Gasteiger charge is -2.18. The third-order valence-electron chi connectivity index (χ3n) is 5.00. The molecule has 1 N–H and O–H groups in total. The smallest absolute Gasteiger partial charge is 0.225 e. The highest BCUT2D eigenvalue weighted by Crippen LogP contribution is 2.32. The maximum absolute atomic E-state index is 12.7. The minimum Gasteiger partial charge on any atom is -0.486 e. The van der Waals surface area contributed by atoms with Gasteiger partial charge in [0.15, 0.2) is 21.3 Å². The van der Waals surface area contributed by atoms with Crippen LogP contribution in [0.4, 0.5) is 5.69 Å². The largest absolute Gasteiger partial charge is 0.486 e. The molecule has 0 aliphatic carbocycles. The first-order chi connectivity index (χ1) is 15.0. The molecule has 0 bridgehead atoms. The molecule has 1 aliphatic rings. The average Bonchev–Trinajstić information content (AvgIpc) is 2.79. The SMILES string of the molecule is O=C(CCS(=O)(=O)c1ccc2c(c1)OCCO2)Nc1ccccc1Cc1ccccc1. The van der Waals surface area contributed by atoms with E-state index in [0.717, 1.165) is 11.1 Å². The van der Waals surface area contributed by atoms with Crippen LogP contribution >= 0.6 is 0 Å². The van der Waals surface area contributed by atoms with E-state index in [1.165, 1.54) is 12.1 Å². The Morgan fingerprint density at radius 2 is 1.58 bits per heavy atom. The molecule has 7 heteroatoms. The van der Waals surface area contributed by atoms with Gasteiger partial charge in [-0.1, -0.05) is 48.5 Å². The number of carbonyl (C=O) groups is 1. The van der Waals surface area contributed by atoms with E-state index in [2.05, 4.69) is 5.32 Å². The summed E-state index contributed by atoms with van der Waals surface area (Å²) in [5, 5.41) is 2.86. The Morgan fingerprint density at radius 3 is 2.39 bits per heavy atom. The van der Waals surface area contributed by atoms with Crippen LogP contribution in [0.1, 0.15) is 17.5 Å². The summed E-state index contributed by atoms with van der Waals surface area (Å²) in [5.41, 5.74) is 2.79. The quantitative estimate of drug-likeness (QED) is 0.607. The second-order valence-electron chi connectivity index (χ2n) is 7.24. The van der Waals surface area contributed by atoms with Gasteiger partial charge in [-0.25, -0.2) is 8.42 Å². The van der Waals surface area contributed by atoms with Crippen LogP contribution in [0.15, 0.2) is 77.7 Å². The number of hydrogen-bond donors (Lipinski definition) is 1. The molecule has 0 saturated carbocycles. The van der Waals surface area contributed by atoms with Gasteiger partial charge in [0.2, 0.25) is 5.91 Å². The summed E-state index contributed by atoms with van der Waals surface area (Å²) >= 11 is 0. The molecule has 1 heterocycles. The van der Waals surface area contributed by atoms with E-state index in [-0.39, 0.29) is 23.0 Å². The highest BCUT2D eigenvalue weighted by atomic mass is 32.2. The van der Waals surface area contributed by atoms with Crippen molar-refractivity contribution >= 4 is 21.4 Å². The van der Waals surface area contributed by atoms with Crippen molar-refractivity contribution in [1.82, 2.24) is 0 Å². The standard InChI is InChI=1S/C24H23NO5S/c26-24(25-21-9-5-4-8-19(21)16-18-6-2-1-3-7-18)12-15-31(27,28)20-10-11-22-23(17-20)30-14-13-29-22/h1-11,17H,12-16H2,(H,25,26). The Bertz CT molecular complexity index is 1180. The van der Waals surface area contributed by atoms with Crippen molar-refractivity contribution in [2.75, 3.05) is 24.3 Å². The molecule has 1 aliphatic heterocycles. The van der Waals surface area contributed by atoms with Crippen LogP contribution in [0.3, 0.4) is 0 Å². The summed E-state index contributed by atoms with van der Waals surface area (Å²) in [6.45, 7) is 0.812. The zero-order valence-corrected chi connectivity index (χ0v) is 17.7. The number of sulfone groups is 1. The van der Waals surface area contributed by atoms with E-state index in [0.29, 0.717) is 36.8 Å². The van der Waals surface area contributed by atoms with E-state index in [1.54, 1.807) is 6.07 Å². The van der Waals surface area contributed by atoms with Gasteiger partial charge in [-0.05, 0) is 35.7 Å². The number of carbonyl (C=O) groups excluding carboxylic acids is 1. The number of rotatable bonds is 7. The molecule has 0 saturated heterocycles. The van der Waals surface area contributed by atoms with E-state index in [9.17, 15) is 13.2 Å². The Kier molecular flexibility index (Phi) is 6.23. The van der Waals surface area contributed by atoms with Crippen molar-refractivity contribution in [3.63, 3.8) is 0 Å². The predicted octanol–water partition coefficient (Wildman–Crippen LogP) is 3.85. The number of amides is 1. The van der Waals surface area contributed by atoms with Crippen molar-refractivity contribution in [3.8, 4) is 11.5 Å². The van der Waals surface area contributed by atoms with E-state index in [1.807, 2.05) is 54.6 Å². The van der Waals surface area contributed by atoms with Gasteiger partial charge in [0.1, 0.15) is 13.2 Å². The zero-order valence-electron chi connectivity index (χ0n) is 16.9. The molecule has 0 unspecified atom stereocenters. The van der Waals surface area contributed by atoms with E-state index < -0.39 is 9.84 Å². The van der Waals surface area contributed by atoms with E-state index in [4.69, 9.17) is 9.47 Å². The van der Waals surface area contributed by atoms with Crippen LogP contribution < -0.4 is 14.8 Å². The van der Waals surface area contributed by atoms with E-state index >= 15 is 0 Å². The molecule has 160 valence electrons. The monoisotopic (exact) mass is 437 g/mol. The Morgan fingerprint density at radius 1 is 0.871 bits per heavy atom. The lowest BCUT2D eigenvalue weighted by atomic mass is 10.0. The number of para-hydroxylation sites is 1. The molecular formula is C24H23NO5S. The predicted molar refractivity (Wildman–Crippen MR) is 118 cm³/mol. The highest BCUT2D eigenvalue weighted by molar-refractivity contribution is 7.91. The number of nitrogens with one attached hydrogen (secondary N) is 1. The molecule has 0 atom stereocenters. The fourth-order valence-electron chi connectivity index (χ4n) is 3.39. The Labute approximate surface area is 181 Å². The maximum atomic E-state index is 12.7. The molecule has 0 aromatic heterocycles. The minimum absolute atomic E-state index is 0.119. The number of hydrogen-bond acceptors (Lipinski definition) is 5. The molecule has 0 fully saturated rings. The summed E-state index contributed by atoms with van der Waals surface area (Å²) in [4.78, 5) is 12.6. The molecule has 3 aromatic rings. The van der Waals surface area contributed by atoms with Crippen molar-refractivity contribution in [2.24, 2.45) is 0 Å². The number of ether oxygens (including phenoxy) is 2. The lowest BCUT2D eigenvalue weighted by Crippen LogP contribution is -2.19. The molecule has 3 aromatic carbocycles. The fourth-order valence-corrected chi connectivity index (χ4v) is 4.64. The molecule has 1 amide bonds. The second kappa shape index (κ2) is 9.22. The molecular weight excluding hydrogens is 414 g/mol. The molecule has 31 heavy (non-hydrogen) atoms. The van der Waals surface area contributed by atoms with Crippen LogP contribution in [0, 0.1) is 0 Å². The summed E-state index contributed by atoms with van der Waals surface area (Å²) in [7, 11) is -3.64. The lowest BCUT2D eigenvalue weighted by molar-refractivity contribution is -0.115. The minimum atomic E-state index is -3.64. The van der Waals surface area contributed by atoms with Gasteiger partial charge in [0.25, 0.3) is 0 Å². The van der Waals surface area contributed by atoms with Gasteiger partial charge in [-0.3, -0.25) is 4.79 Å². The van der Waals surface area contributed by atoms with Crippen molar-refractivity contribution < 1.29 is 22.7 Å². The molecule has 4 rings (SSSR count). The average molecular weight is 438 g/mol.